The molecule has 1 aromatic carbocycles. The average Bonchev–Trinajstić information content (AvgIpc) is 2.34. The summed E-state index contributed by atoms with van der Waals surface area (Å²) in [6, 6.07) is 7.12. The molecule has 4 nitrogen and oxygen atoms in total. The molecule has 0 amide bonds. The molecule has 2 rings (SSSR count). The maximum atomic E-state index is 10.6. The van der Waals surface area contributed by atoms with E-state index in [1.165, 1.54) is 0 Å². The van der Waals surface area contributed by atoms with Crippen molar-refractivity contribution < 1.29 is 5.11 Å². The van der Waals surface area contributed by atoms with Gasteiger partial charge in [0.1, 0.15) is 11.4 Å². The van der Waals surface area contributed by atoms with Gasteiger partial charge in [0, 0.05) is 5.54 Å². The second-order valence-corrected chi connectivity index (χ2v) is 4.82. The third-order valence-corrected chi connectivity index (χ3v) is 3.27. The van der Waals surface area contributed by atoms with E-state index in [-0.39, 0.29) is 5.75 Å². The monoisotopic (exact) mass is 244 g/mol. The molecular formula is C14H16N2O2. The van der Waals surface area contributed by atoms with Crippen molar-refractivity contribution in [3.05, 3.63) is 58.2 Å². The van der Waals surface area contributed by atoms with Gasteiger partial charge in [0.25, 0.3) is 0 Å². The van der Waals surface area contributed by atoms with E-state index in [2.05, 4.69) is 5.18 Å². The lowest BCUT2D eigenvalue weighted by Crippen LogP contribution is -2.40. The van der Waals surface area contributed by atoms with E-state index in [1.807, 2.05) is 19.1 Å². The zero-order valence-electron chi connectivity index (χ0n) is 10.3. The number of nitrogens with zero attached hydrogens (tertiary/aromatic N) is 1. The summed E-state index contributed by atoms with van der Waals surface area (Å²) in [6.45, 7) is 1.91. The van der Waals surface area contributed by atoms with Crippen LogP contribution in [0.25, 0.3) is 0 Å². The van der Waals surface area contributed by atoms with Crippen LogP contribution in [-0.2, 0) is 6.42 Å². The second-order valence-electron chi connectivity index (χ2n) is 4.82. The van der Waals surface area contributed by atoms with E-state index < -0.39 is 5.54 Å². The molecule has 0 bridgehead atoms. The first-order valence-electron chi connectivity index (χ1n) is 5.83. The Kier molecular flexibility index (Phi) is 3.30. The summed E-state index contributed by atoms with van der Waals surface area (Å²) < 4.78 is 0. The minimum absolute atomic E-state index is 0.240. The Labute approximate surface area is 106 Å². The molecule has 94 valence electrons. The van der Waals surface area contributed by atoms with Crippen molar-refractivity contribution in [2.45, 2.75) is 25.3 Å². The van der Waals surface area contributed by atoms with E-state index in [0.717, 1.165) is 11.1 Å². The number of nitrogens with two attached hydrogens (primary N) is 1. The summed E-state index contributed by atoms with van der Waals surface area (Å²) in [5.74, 6) is 0.240. The van der Waals surface area contributed by atoms with E-state index in [0.29, 0.717) is 18.5 Å². The number of hydrogen-bond donors (Lipinski definition) is 2. The molecule has 0 saturated carbocycles. The highest BCUT2D eigenvalue weighted by atomic mass is 16.3. The summed E-state index contributed by atoms with van der Waals surface area (Å²) in [5.41, 5.74) is 7.80. The second kappa shape index (κ2) is 4.74. The topological polar surface area (TPSA) is 75.7 Å². The number of phenolic OH excluding ortho intramolecular Hbond substituents is 1. The van der Waals surface area contributed by atoms with Crippen LogP contribution < -0.4 is 5.73 Å². The molecule has 0 fully saturated rings. The molecule has 0 radical (unpaired) electrons. The maximum Gasteiger partial charge on any atom is 0.119 e. The van der Waals surface area contributed by atoms with Gasteiger partial charge in [-0.2, -0.15) is 0 Å². The first kappa shape index (κ1) is 12.5. The number of para-hydroxylation sites is 1. The fourth-order valence-corrected chi connectivity index (χ4v) is 2.03. The van der Waals surface area contributed by atoms with Gasteiger partial charge in [-0.05, 0) is 48.2 Å². The van der Waals surface area contributed by atoms with Gasteiger partial charge in [-0.1, -0.05) is 24.3 Å². The molecule has 1 aliphatic rings. The molecule has 1 aromatic rings. The Balaban J connectivity index is 2.31. The summed E-state index contributed by atoms with van der Waals surface area (Å²) in [7, 11) is 0. The molecule has 1 unspecified atom stereocenters. The minimum Gasteiger partial charge on any atom is -0.508 e. The standard InChI is InChI=1S/C14H16N2O2/c1-14(15)7-6-12(16-18)9-11(14)8-10-4-2-3-5-13(10)17/h2-6,9,17H,7-8,15H2,1H3. The van der Waals surface area contributed by atoms with Gasteiger partial charge in [0.2, 0.25) is 0 Å². The van der Waals surface area contributed by atoms with Gasteiger partial charge >= 0.3 is 0 Å². The number of rotatable bonds is 3. The Morgan fingerprint density at radius 3 is 2.83 bits per heavy atom. The van der Waals surface area contributed by atoms with Gasteiger partial charge < -0.3 is 10.8 Å². The van der Waals surface area contributed by atoms with Gasteiger partial charge in [-0.3, -0.25) is 0 Å². The van der Waals surface area contributed by atoms with Crippen LogP contribution in [0.5, 0.6) is 5.75 Å². The van der Waals surface area contributed by atoms with Crippen LogP contribution in [0.3, 0.4) is 0 Å². The van der Waals surface area contributed by atoms with Crippen LogP contribution in [0, 0.1) is 4.91 Å². The first-order chi connectivity index (χ1) is 8.53. The van der Waals surface area contributed by atoms with Gasteiger partial charge in [0.15, 0.2) is 0 Å². The Morgan fingerprint density at radius 1 is 1.44 bits per heavy atom. The predicted molar refractivity (Wildman–Crippen MR) is 71.0 cm³/mol. The van der Waals surface area contributed by atoms with Crippen LogP contribution >= 0.6 is 0 Å². The molecule has 1 aliphatic carbocycles. The Hall–Kier alpha value is -1.94. The van der Waals surface area contributed by atoms with Crippen LogP contribution in [0.15, 0.2) is 52.9 Å². The smallest absolute Gasteiger partial charge is 0.119 e. The number of allylic oxidation sites excluding steroid dienone is 1. The molecule has 18 heavy (non-hydrogen) atoms. The third kappa shape index (κ3) is 2.49. The quantitative estimate of drug-likeness (QED) is 0.802. The van der Waals surface area contributed by atoms with Crippen molar-refractivity contribution in [2.24, 2.45) is 10.9 Å². The van der Waals surface area contributed by atoms with Crippen molar-refractivity contribution in [3.63, 3.8) is 0 Å². The van der Waals surface area contributed by atoms with Crippen molar-refractivity contribution >= 4 is 0 Å². The van der Waals surface area contributed by atoms with E-state index >= 15 is 0 Å². The van der Waals surface area contributed by atoms with Crippen LogP contribution in [0.2, 0.25) is 0 Å². The normalized spacial score (nSPS) is 23.2. The predicted octanol–water partition coefficient (Wildman–Crippen LogP) is 2.63. The highest BCUT2D eigenvalue weighted by Gasteiger charge is 2.27. The SMILES string of the molecule is CC1(N)CC=C(N=O)C=C1Cc1ccccc1O. The number of nitroso groups, excluding NO2 is 1. The van der Waals surface area contributed by atoms with Crippen LogP contribution in [0.4, 0.5) is 0 Å². The van der Waals surface area contributed by atoms with Crippen molar-refractivity contribution in [3.8, 4) is 5.75 Å². The number of benzene rings is 1. The molecule has 0 heterocycles. The minimum atomic E-state index is -0.504. The lowest BCUT2D eigenvalue weighted by atomic mass is 9.81. The fraction of sp³-hybridized carbons (Fsp3) is 0.286. The van der Waals surface area contributed by atoms with Crippen molar-refractivity contribution in [1.82, 2.24) is 0 Å². The summed E-state index contributed by atoms with van der Waals surface area (Å²) in [5, 5.41) is 12.7. The number of hydrogen-bond acceptors (Lipinski definition) is 4. The molecule has 4 heteroatoms. The van der Waals surface area contributed by atoms with E-state index in [9.17, 15) is 10.0 Å². The number of aromatic hydroxyl groups is 1. The van der Waals surface area contributed by atoms with Gasteiger partial charge in [-0.25, -0.2) is 0 Å². The van der Waals surface area contributed by atoms with Crippen molar-refractivity contribution in [1.29, 1.82) is 0 Å². The zero-order chi connectivity index (χ0) is 13.2. The van der Waals surface area contributed by atoms with Gasteiger partial charge in [0.05, 0.1) is 0 Å². The fourth-order valence-electron chi connectivity index (χ4n) is 2.03. The van der Waals surface area contributed by atoms with Crippen LogP contribution in [0.1, 0.15) is 18.9 Å². The summed E-state index contributed by atoms with van der Waals surface area (Å²) in [6.07, 6.45) is 4.55. The highest BCUT2D eigenvalue weighted by molar-refractivity contribution is 5.42. The summed E-state index contributed by atoms with van der Waals surface area (Å²) >= 11 is 0. The maximum absolute atomic E-state index is 10.6. The van der Waals surface area contributed by atoms with Gasteiger partial charge in [-0.15, -0.1) is 4.91 Å². The molecule has 0 aliphatic heterocycles. The molecule has 3 N–H and O–H groups in total. The highest BCUT2D eigenvalue weighted by Crippen LogP contribution is 2.31. The Bertz CT molecular complexity index is 530. The average molecular weight is 244 g/mol. The molecule has 0 spiro atoms. The first-order valence-corrected chi connectivity index (χ1v) is 5.83. The lowest BCUT2D eigenvalue weighted by molar-refractivity contribution is 0.466. The lowest BCUT2D eigenvalue weighted by Gasteiger charge is -2.30. The molecule has 0 saturated heterocycles. The largest absolute Gasteiger partial charge is 0.508 e. The summed E-state index contributed by atoms with van der Waals surface area (Å²) in [4.78, 5) is 10.6. The van der Waals surface area contributed by atoms with Crippen molar-refractivity contribution in [2.75, 3.05) is 0 Å². The van der Waals surface area contributed by atoms with Crippen LogP contribution in [-0.4, -0.2) is 10.6 Å². The van der Waals surface area contributed by atoms with E-state index in [1.54, 1.807) is 24.3 Å². The third-order valence-electron chi connectivity index (χ3n) is 3.27. The zero-order valence-corrected chi connectivity index (χ0v) is 10.3. The van der Waals surface area contributed by atoms with E-state index in [4.69, 9.17) is 5.73 Å². The molecule has 0 aromatic heterocycles. The number of phenols is 1. The Morgan fingerprint density at radius 2 is 2.17 bits per heavy atom. The molecule has 1 atom stereocenters. The molecular weight excluding hydrogens is 228 g/mol.